The van der Waals surface area contributed by atoms with Crippen LogP contribution in [0.1, 0.15) is 27.7 Å². The van der Waals surface area contributed by atoms with Crippen molar-refractivity contribution in [2.45, 2.75) is 46.3 Å². The minimum absolute atomic E-state index is 0.207. The second-order valence-electron chi connectivity index (χ2n) is 5.08. The van der Waals surface area contributed by atoms with E-state index >= 15 is 0 Å². The van der Waals surface area contributed by atoms with E-state index in [2.05, 4.69) is 22.8 Å². The van der Waals surface area contributed by atoms with E-state index in [-0.39, 0.29) is 4.65 Å². The molecule has 0 bridgehead atoms. The van der Waals surface area contributed by atoms with Gasteiger partial charge in [-0.25, -0.2) is 0 Å². The van der Waals surface area contributed by atoms with Crippen LogP contribution >= 0.6 is 35.7 Å². The molecule has 0 amide bonds. The van der Waals surface area contributed by atoms with Crippen LogP contribution in [0.15, 0.2) is 8.68 Å². The number of carbonyl (C=O) groups is 1. The van der Waals surface area contributed by atoms with Crippen molar-refractivity contribution in [1.82, 2.24) is 10.2 Å². The molecule has 0 spiro atoms. The van der Waals surface area contributed by atoms with Crippen molar-refractivity contribution in [2.75, 3.05) is 0 Å². The Morgan fingerprint density at radius 3 is 2.41 bits per heavy atom. The van der Waals surface area contributed by atoms with Gasteiger partial charge in [0.2, 0.25) is 0 Å². The van der Waals surface area contributed by atoms with Crippen molar-refractivity contribution in [1.29, 1.82) is 0 Å². The number of aromatic nitrogens is 2. The third kappa shape index (κ3) is 4.52. The van der Waals surface area contributed by atoms with E-state index in [1.54, 1.807) is 25.6 Å². The van der Waals surface area contributed by atoms with Crippen LogP contribution in [0.5, 0.6) is 0 Å². The van der Waals surface area contributed by atoms with Crippen molar-refractivity contribution in [2.24, 2.45) is 0 Å². The van der Waals surface area contributed by atoms with Crippen LogP contribution in [0.25, 0.3) is 0 Å². The zero-order valence-corrected chi connectivity index (χ0v) is 12.7. The fraction of sp³-hybridized carbons (Fsp3) is 0.667. The fourth-order valence-electron chi connectivity index (χ4n) is 1.66. The number of hydrogen-bond acceptors (Lipinski definition) is 6. The molecule has 0 unspecified atom stereocenters. The number of thiol groups is 1. The third-order valence-electron chi connectivity index (χ3n) is 2.21. The molecule has 17 heavy (non-hydrogen) atoms. The fourth-order valence-corrected chi connectivity index (χ4v) is 4.53. The predicted molar refractivity (Wildman–Crippen MR) is 75.9 cm³/mol. The Morgan fingerprint density at radius 2 is 2.00 bits per heavy atom. The molecule has 0 aliphatic heterocycles. The minimum atomic E-state index is -0.779. The van der Waals surface area contributed by atoms with Crippen molar-refractivity contribution in [3.63, 3.8) is 0 Å². The number of aliphatic carboxylic acids is 1. The van der Waals surface area contributed by atoms with E-state index < -0.39 is 11.3 Å². The Kier molecular flexibility index (Phi) is 4.54. The standard InChI is InChI=1S/C9H15BN2O2S3/c1-8(2,5(13)14)10-9(3,4)17-7-12-11-6(15)16-7/h10H,1-4H3,(H,11,15)(H,13,14). The van der Waals surface area contributed by atoms with Crippen LogP contribution < -0.4 is 0 Å². The zero-order chi connectivity index (χ0) is 13.3. The van der Waals surface area contributed by atoms with E-state index in [0.29, 0.717) is 11.6 Å². The Hall–Kier alpha value is -0.205. The van der Waals surface area contributed by atoms with E-state index in [1.165, 1.54) is 11.3 Å². The normalized spacial score (nSPS) is 12.5. The molecule has 0 fully saturated rings. The molecular weight excluding hydrogens is 275 g/mol. The van der Waals surface area contributed by atoms with Gasteiger partial charge in [0, 0.05) is 5.31 Å². The van der Waals surface area contributed by atoms with Gasteiger partial charge in [-0.15, -0.1) is 22.8 Å². The molecule has 0 saturated carbocycles. The highest BCUT2D eigenvalue weighted by molar-refractivity contribution is 8.03. The number of rotatable bonds is 5. The average Bonchev–Trinajstić information content (AvgIpc) is 2.47. The summed E-state index contributed by atoms with van der Waals surface area (Å²) in [4.78, 5) is 11.1. The van der Waals surface area contributed by atoms with Gasteiger partial charge in [0.05, 0.1) is 0 Å². The monoisotopic (exact) mass is 290 g/mol. The molecule has 1 N–H and O–H groups in total. The maximum absolute atomic E-state index is 11.1. The highest BCUT2D eigenvalue weighted by atomic mass is 32.2. The summed E-state index contributed by atoms with van der Waals surface area (Å²) < 4.78 is 1.24. The molecular formula is C9H15BN2O2S3. The molecule has 0 saturated heterocycles. The van der Waals surface area contributed by atoms with Crippen LogP contribution in [-0.2, 0) is 4.79 Å². The molecule has 1 aromatic rings. The molecule has 94 valence electrons. The number of hydrogen-bond donors (Lipinski definition) is 2. The Morgan fingerprint density at radius 1 is 1.41 bits per heavy atom. The smallest absolute Gasteiger partial charge is 0.301 e. The molecule has 0 aromatic carbocycles. The van der Waals surface area contributed by atoms with E-state index in [9.17, 15) is 4.79 Å². The summed E-state index contributed by atoms with van der Waals surface area (Å²) in [6.07, 6.45) is 0. The molecule has 1 aromatic heterocycles. The summed E-state index contributed by atoms with van der Waals surface area (Å²) in [5.41, 5.74) is 0. The van der Waals surface area contributed by atoms with Crippen molar-refractivity contribution >= 4 is 49.0 Å². The Bertz CT molecular complexity index is 420. The van der Waals surface area contributed by atoms with Crippen molar-refractivity contribution in [3.8, 4) is 0 Å². The predicted octanol–water partition coefficient (Wildman–Crippen LogP) is 2.37. The first-order chi connectivity index (χ1) is 7.62. The minimum Gasteiger partial charge on any atom is -0.481 e. The quantitative estimate of drug-likeness (QED) is 0.495. The number of thioether (sulfide) groups is 1. The molecule has 1 heterocycles. The van der Waals surface area contributed by atoms with Gasteiger partial charge in [-0.3, -0.25) is 4.79 Å². The summed E-state index contributed by atoms with van der Waals surface area (Å²) >= 11 is 7.06. The second kappa shape index (κ2) is 5.20. The van der Waals surface area contributed by atoms with Gasteiger partial charge in [0.1, 0.15) is 0 Å². The lowest BCUT2D eigenvalue weighted by Gasteiger charge is -2.29. The van der Waals surface area contributed by atoms with E-state index in [4.69, 9.17) is 5.11 Å². The molecule has 4 nitrogen and oxygen atoms in total. The highest BCUT2D eigenvalue weighted by Gasteiger charge is 2.37. The number of carboxylic acids is 1. The van der Waals surface area contributed by atoms with Crippen LogP contribution in [0.3, 0.4) is 0 Å². The second-order valence-corrected chi connectivity index (χ2v) is 8.74. The van der Waals surface area contributed by atoms with Gasteiger partial charge >= 0.3 is 5.97 Å². The van der Waals surface area contributed by atoms with Gasteiger partial charge in [-0.1, -0.05) is 50.8 Å². The summed E-state index contributed by atoms with van der Waals surface area (Å²) in [5, 5.41) is 16.2. The van der Waals surface area contributed by atoms with Crippen LogP contribution in [0.2, 0.25) is 5.31 Å². The van der Waals surface area contributed by atoms with Gasteiger partial charge < -0.3 is 5.11 Å². The van der Waals surface area contributed by atoms with Gasteiger partial charge in [0.25, 0.3) is 0 Å². The van der Waals surface area contributed by atoms with Gasteiger partial charge in [-0.05, 0) is 4.65 Å². The third-order valence-corrected chi connectivity index (χ3v) is 4.54. The Labute approximate surface area is 115 Å². The highest BCUT2D eigenvalue weighted by Crippen LogP contribution is 2.39. The first-order valence-electron chi connectivity index (χ1n) is 5.07. The lowest BCUT2D eigenvalue weighted by atomic mass is 9.47. The summed E-state index contributed by atoms with van der Waals surface area (Å²) in [6, 6.07) is 0. The first-order valence-corrected chi connectivity index (χ1v) is 7.15. The molecule has 0 radical (unpaired) electrons. The lowest BCUT2D eigenvalue weighted by Crippen LogP contribution is -2.36. The lowest BCUT2D eigenvalue weighted by molar-refractivity contribution is -0.139. The first kappa shape index (κ1) is 14.9. The van der Waals surface area contributed by atoms with Crippen molar-refractivity contribution in [3.05, 3.63) is 0 Å². The maximum Gasteiger partial charge on any atom is 0.301 e. The van der Waals surface area contributed by atoms with Crippen LogP contribution in [0, 0.1) is 0 Å². The average molecular weight is 290 g/mol. The topological polar surface area (TPSA) is 63.1 Å². The van der Waals surface area contributed by atoms with E-state index in [0.717, 1.165) is 4.34 Å². The maximum atomic E-state index is 11.1. The molecule has 1 rings (SSSR count). The zero-order valence-electron chi connectivity index (χ0n) is 10.2. The number of nitrogens with zero attached hydrogens (tertiary/aromatic N) is 2. The molecule has 0 aliphatic rings. The van der Waals surface area contributed by atoms with Crippen molar-refractivity contribution < 1.29 is 9.90 Å². The Balaban J connectivity index is 2.72. The number of carboxylic acid groups (broad SMARTS) is 1. The SMILES string of the molecule is CC(C)(BC(C)(C)C(=O)O)Sc1nnc(S)s1. The summed E-state index contributed by atoms with van der Waals surface area (Å²) in [6.45, 7) is 7.51. The van der Waals surface area contributed by atoms with Gasteiger partial charge in [0.15, 0.2) is 16.0 Å². The summed E-state index contributed by atoms with van der Waals surface area (Å²) in [5.74, 6) is -0.779. The molecule has 8 heteroatoms. The molecule has 0 atom stereocenters. The largest absolute Gasteiger partial charge is 0.481 e. The molecule has 0 aliphatic carbocycles. The van der Waals surface area contributed by atoms with Crippen LogP contribution in [-0.4, -0.2) is 33.2 Å². The summed E-state index contributed by atoms with van der Waals surface area (Å²) in [7, 11) is 0.557. The van der Waals surface area contributed by atoms with E-state index in [1.807, 2.05) is 13.8 Å². The van der Waals surface area contributed by atoms with Gasteiger partial charge in [-0.2, -0.15) is 0 Å². The van der Waals surface area contributed by atoms with Crippen LogP contribution in [0.4, 0.5) is 0 Å².